The Morgan fingerprint density at radius 1 is 0.677 bits per heavy atom. The van der Waals surface area contributed by atoms with Crippen LogP contribution >= 0.6 is 0 Å². The molecule has 0 aliphatic heterocycles. The quantitative estimate of drug-likeness (QED) is 0.237. The van der Waals surface area contributed by atoms with E-state index in [1.54, 1.807) is 0 Å². The molecule has 2 unspecified atom stereocenters. The van der Waals surface area contributed by atoms with Crippen molar-refractivity contribution in [2.24, 2.45) is 11.8 Å². The molecule has 2 rings (SSSR count). The number of rotatable bonds is 9. The minimum Gasteiger partial charge on any atom is -0.316 e. The Morgan fingerprint density at radius 2 is 1.10 bits per heavy atom. The van der Waals surface area contributed by atoms with Crippen LogP contribution in [0.15, 0.2) is 24.3 Å². The molecule has 0 heterocycles. The predicted molar refractivity (Wildman–Crippen MR) is 113 cm³/mol. The summed E-state index contributed by atoms with van der Waals surface area (Å²) in [5.41, 5.74) is -1.96. The van der Waals surface area contributed by atoms with Crippen molar-refractivity contribution < 1.29 is 26.3 Å². The number of benzene rings is 2. The van der Waals surface area contributed by atoms with Gasteiger partial charge in [0.25, 0.3) is 0 Å². The molecule has 0 amide bonds. The number of nitrogens with one attached hydrogen (secondary N) is 1. The van der Waals surface area contributed by atoms with Gasteiger partial charge in [0, 0.05) is 5.56 Å². The molecule has 174 valence electrons. The van der Waals surface area contributed by atoms with Crippen LogP contribution in [0.4, 0.5) is 26.3 Å². The van der Waals surface area contributed by atoms with E-state index in [2.05, 4.69) is 33.0 Å². The van der Waals surface area contributed by atoms with Gasteiger partial charge in [-0.05, 0) is 43.8 Å². The van der Waals surface area contributed by atoms with Crippen LogP contribution in [0.3, 0.4) is 0 Å². The van der Waals surface area contributed by atoms with Gasteiger partial charge in [0.2, 0.25) is 5.82 Å². The van der Waals surface area contributed by atoms with Gasteiger partial charge in [0.1, 0.15) is 5.82 Å². The largest absolute Gasteiger partial charge is 0.316 e. The van der Waals surface area contributed by atoms with E-state index >= 15 is 0 Å². The monoisotopic (exact) mass is 447 g/mol. The summed E-state index contributed by atoms with van der Waals surface area (Å²) in [5, 5.41) is 3.55. The van der Waals surface area contributed by atoms with E-state index in [4.69, 9.17) is 0 Å². The fraction of sp³-hybridized carbons (Fsp3) is 0.500. The van der Waals surface area contributed by atoms with Crippen molar-refractivity contribution in [2.75, 3.05) is 13.1 Å². The molecule has 7 heteroatoms. The molecule has 31 heavy (non-hydrogen) atoms. The van der Waals surface area contributed by atoms with E-state index in [1.165, 1.54) is 50.9 Å². The Kier molecular flexibility index (Phi) is 11.7. The summed E-state index contributed by atoms with van der Waals surface area (Å²) in [7, 11) is 0. The fourth-order valence-electron chi connectivity index (χ4n) is 3.27. The molecule has 0 aliphatic carbocycles. The summed E-state index contributed by atoms with van der Waals surface area (Å²) in [6.45, 7) is 11.6. The molecule has 0 saturated carbocycles. The van der Waals surface area contributed by atoms with Crippen molar-refractivity contribution in [1.82, 2.24) is 5.32 Å². The van der Waals surface area contributed by atoms with E-state index < -0.39 is 46.0 Å². The Morgan fingerprint density at radius 3 is 1.52 bits per heavy atom. The molecule has 2 aromatic rings. The van der Waals surface area contributed by atoms with Crippen LogP contribution < -0.4 is 5.32 Å². The summed E-state index contributed by atoms with van der Waals surface area (Å²) in [4.78, 5) is 0. The van der Waals surface area contributed by atoms with E-state index in [0.29, 0.717) is 0 Å². The molecule has 0 saturated heterocycles. The minimum absolute atomic E-state index is 0.690. The lowest BCUT2D eigenvalue weighted by Gasteiger charge is -2.14. The lowest BCUT2D eigenvalue weighted by atomic mass is 10.0. The SMILES string of the molecule is CCCC(C)CNCC(C)CCC.Fc1ccccc1-c1c(F)c(F)c(F)c(F)c1F. The summed E-state index contributed by atoms with van der Waals surface area (Å²) < 4.78 is 78.8. The van der Waals surface area contributed by atoms with Crippen LogP contribution in [-0.2, 0) is 0 Å². The van der Waals surface area contributed by atoms with Gasteiger partial charge in [0.05, 0.1) is 5.56 Å². The van der Waals surface area contributed by atoms with E-state index in [9.17, 15) is 26.3 Å². The van der Waals surface area contributed by atoms with Gasteiger partial charge in [-0.3, -0.25) is 0 Å². The summed E-state index contributed by atoms with van der Waals surface area (Å²) in [6, 6.07) is 4.22. The third-order valence-corrected chi connectivity index (χ3v) is 4.90. The maximum atomic E-state index is 13.4. The van der Waals surface area contributed by atoms with Gasteiger partial charge >= 0.3 is 0 Å². The zero-order chi connectivity index (χ0) is 23.6. The third-order valence-electron chi connectivity index (χ3n) is 4.90. The predicted octanol–water partition coefficient (Wildman–Crippen LogP) is 7.64. The van der Waals surface area contributed by atoms with Gasteiger partial charge in [-0.2, -0.15) is 0 Å². The zero-order valence-corrected chi connectivity index (χ0v) is 18.5. The molecule has 2 atom stereocenters. The smallest absolute Gasteiger partial charge is 0.200 e. The molecule has 0 bridgehead atoms. The molecule has 1 nitrogen and oxygen atoms in total. The number of hydrogen-bond donors (Lipinski definition) is 1. The average Bonchev–Trinajstić information content (AvgIpc) is 2.73. The summed E-state index contributed by atoms with van der Waals surface area (Å²) in [6.07, 6.45) is 5.34. The second-order valence-electron chi connectivity index (χ2n) is 7.87. The fourth-order valence-corrected chi connectivity index (χ4v) is 3.27. The van der Waals surface area contributed by atoms with E-state index in [1.807, 2.05) is 0 Å². The minimum atomic E-state index is -2.27. The molecule has 0 aromatic heterocycles. The average molecular weight is 448 g/mol. The molecule has 1 N–H and O–H groups in total. The van der Waals surface area contributed by atoms with Crippen LogP contribution in [0.1, 0.15) is 53.4 Å². The standard InChI is InChI=1S/C12H4F6.C12H27N/c13-6-4-2-1-3-5(6)7-8(14)10(16)12(18)11(17)9(7)15;1-5-7-11(3)9-13-10-12(4)8-6-2/h1-4H;11-13H,5-10H2,1-4H3. The van der Waals surface area contributed by atoms with E-state index in [0.717, 1.165) is 24.0 Å². The van der Waals surface area contributed by atoms with Crippen LogP contribution in [-0.4, -0.2) is 13.1 Å². The van der Waals surface area contributed by atoms with Crippen LogP contribution in [0.2, 0.25) is 0 Å². The van der Waals surface area contributed by atoms with Gasteiger partial charge in [-0.1, -0.05) is 58.7 Å². The summed E-state index contributed by atoms with van der Waals surface area (Å²) in [5.74, 6) is -9.99. The van der Waals surface area contributed by atoms with Crippen LogP contribution in [0.25, 0.3) is 11.1 Å². The first-order chi connectivity index (χ1) is 14.6. The van der Waals surface area contributed by atoms with Crippen molar-refractivity contribution in [3.8, 4) is 11.1 Å². The zero-order valence-electron chi connectivity index (χ0n) is 18.5. The van der Waals surface area contributed by atoms with Gasteiger partial charge in [-0.25, -0.2) is 26.3 Å². The first kappa shape index (κ1) is 27.0. The molecule has 2 aromatic carbocycles. The van der Waals surface area contributed by atoms with Crippen molar-refractivity contribution in [2.45, 2.75) is 53.4 Å². The topological polar surface area (TPSA) is 12.0 Å². The van der Waals surface area contributed by atoms with Crippen LogP contribution in [0, 0.1) is 46.7 Å². The normalized spacial score (nSPS) is 12.8. The maximum absolute atomic E-state index is 13.4. The number of hydrogen-bond acceptors (Lipinski definition) is 1. The highest BCUT2D eigenvalue weighted by Crippen LogP contribution is 2.32. The second-order valence-corrected chi connectivity index (χ2v) is 7.87. The van der Waals surface area contributed by atoms with Gasteiger partial charge < -0.3 is 5.32 Å². The van der Waals surface area contributed by atoms with Crippen molar-refractivity contribution in [3.05, 3.63) is 59.2 Å². The number of halogens is 6. The molecule has 0 spiro atoms. The lowest BCUT2D eigenvalue weighted by molar-refractivity contribution is 0.381. The van der Waals surface area contributed by atoms with Gasteiger partial charge in [0.15, 0.2) is 23.3 Å². The molecule has 0 fully saturated rings. The molecule has 0 aliphatic rings. The summed E-state index contributed by atoms with van der Waals surface area (Å²) >= 11 is 0. The highest BCUT2D eigenvalue weighted by Gasteiger charge is 2.27. The van der Waals surface area contributed by atoms with Crippen molar-refractivity contribution >= 4 is 0 Å². The lowest BCUT2D eigenvalue weighted by Crippen LogP contribution is -2.26. The Balaban J connectivity index is 0.000000330. The maximum Gasteiger partial charge on any atom is 0.200 e. The Bertz CT molecular complexity index is 783. The highest BCUT2D eigenvalue weighted by atomic mass is 19.2. The van der Waals surface area contributed by atoms with Crippen molar-refractivity contribution in [3.63, 3.8) is 0 Å². The Hall–Kier alpha value is -2.02. The molecular formula is C24H31F6N. The second kappa shape index (κ2) is 13.4. The van der Waals surface area contributed by atoms with E-state index in [-0.39, 0.29) is 0 Å². The highest BCUT2D eigenvalue weighted by molar-refractivity contribution is 5.65. The third kappa shape index (κ3) is 7.87. The first-order valence-corrected chi connectivity index (χ1v) is 10.6. The Labute approximate surface area is 180 Å². The molecular weight excluding hydrogens is 416 g/mol. The molecule has 0 radical (unpaired) electrons. The first-order valence-electron chi connectivity index (χ1n) is 10.6. The van der Waals surface area contributed by atoms with Gasteiger partial charge in [-0.15, -0.1) is 0 Å². The van der Waals surface area contributed by atoms with Crippen molar-refractivity contribution in [1.29, 1.82) is 0 Å². The van der Waals surface area contributed by atoms with Crippen LogP contribution in [0.5, 0.6) is 0 Å².